The predicted octanol–water partition coefficient (Wildman–Crippen LogP) is 1.21. The molecule has 5 nitrogen and oxygen atoms in total. The monoisotopic (exact) mass is 341 g/mol. The Balaban J connectivity index is 2.62. The highest BCUT2D eigenvalue weighted by molar-refractivity contribution is 9.10. The molecule has 0 saturated heterocycles. The van der Waals surface area contributed by atoms with Gasteiger partial charge >= 0.3 is 0 Å². The molecule has 1 atom stereocenters. The van der Waals surface area contributed by atoms with E-state index in [9.17, 15) is 9.59 Å². The van der Waals surface area contributed by atoms with Crippen molar-refractivity contribution in [2.75, 3.05) is 20.6 Å². The van der Waals surface area contributed by atoms with Crippen LogP contribution in [0.4, 0.5) is 0 Å². The first kappa shape index (κ1) is 16.7. The number of nitrogens with zero attached hydrogens (tertiary/aromatic N) is 2. The molecule has 20 heavy (non-hydrogen) atoms. The summed E-state index contributed by atoms with van der Waals surface area (Å²) in [7, 11) is 3.46. The summed E-state index contributed by atoms with van der Waals surface area (Å²) in [5.74, 6) is -0.487. The van der Waals surface area contributed by atoms with E-state index in [1.165, 1.54) is 0 Å². The summed E-state index contributed by atoms with van der Waals surface area (Å²) in [6, 6.07) is 7.42. The van der Waals surface area contributed by atoms with Gasteiger partial charge in [-0.1, -0.05) is 28.1 Å². The molecular weight excluding hydrogens is 322 g/mol. The van der Waals surface area contributed by atoms with Crippen molar-refractivity contribution in [1.29, 1.82) is 0 Å². The summed E-state index contributed by atoms with van der Waals surface area (Å²) in [6.07, 6.45) is 0. The zero-order chi connectivity index (χ0) is 15.3. The van der Waals surface area contributed by atoms with Gasteiger partial charge in [0.15, 0.2) is 0 Å². The highest BCUT2D eigenvalue weighted by Gasteiger charge is 2.22. The van der Waals surface area contributed by atoms with Crippen LogP contribution < -0.4 is 5.73 Å². The van der Waals surface area contributed by atoms with Crippen molar-refractivity contribution in [3.63, 3.8) is 0 Å². The van der Waals surface area contributed by atoms with Gasteiger partial charge < -0.3 is 10.6 Å². The third kappa shape index (κ3) is 4.94. The lowest BCUT2D eigenvalue weighted by Crippen LogP contribution is -2.46. The second-order valence-electron chi connectivity index (χ2n) is 4.88. The third-order valence-corrected chi connectivity index (χ3v) is 3.66. The van der Waals surface area contributed by atoms with Crippen molar-refractivity contribution < 1.29 is 9.59 Å². The van der Waals surface area contributed by atoms with E-state index in [4.69, 9.17) is 5.73 Å². The van der Waals surface area contributed by atoms with Crippen molar-refractivity contribution in [3.05, 3.63) is 34.3 Å². The van der Waals surface area contributed by atoms with Crippen LogP contribution >= 0.6 is 15.9 Å². The lowest BCUT2D eigenvalue weighted by molar-refractivity contribution is -0.135. The van der Waals surface area contributed by atoms with Gasteiger partial charge in [0.1, 0.15) is 0 Å². The summed E-state index contributed by atoms with van der Waals surface area (Å²) in [6.45, 7) is 2.36. The van der Waals surface area contributed by atoms with E-state index in [0.717, 1.165) is 10.0 Å². The number of hydrogen-bond donors (Lipinski definition) is 1. The number of carbonyl (C=O) groups is 2. The van der Waals surface area contributed by atoms with E-state index in [0.29, 0.717) is 6.54 Å². The minimum absolute atomic E-state index is 0.0448. The molecule has 0 aliphatic carbocycles. The molecule has 0 aliphatic rings. The van der Waals surface area contributed by atoms with E-state index in [-0.39, 0.29) is 18.5 Å². The highest BCUT2D eigenvalue weighted by atomic mass is 79.9. The first-order valence-corrected chi connectivity index (χ1v) is 7.08. The van der Waals surface area contributed by atoms with Crippen LogP contribution in [0.2, 0.25) is 0 Å². The van der Waals surface area contributed by atoms with E-state index >= 15 is 0 Å². The van der Waals surface area contributed by atoms with Crippen molar-refractivity contribution in [3.8, 4) is 0 Å². The fourth-order valence-electron chi connectivity index (χ4n) is 1.83. The van der Waals surface area contributed by atoms with Gasteiger partial charge in [-0.15, -0.1) is 0 Å². The molecule has 2 N–H and O–H groups in total. The molecule has 1 aromatic rings. The molecule has 0 saturated carbocycles. The normalized spacial score (nSPS) is 12.2. The van der Waals surface area contributed by atoms with Crippen LogP contribution in [0.3, 0.4) is 0 Å². The van der Waals surface area contributed by atoms with Crippen molar-refractivity contribution >= 4 is 27.7 Å². The number of carbonyl (C=O) groups excluding carboxylic acids is 2. The number of rotatable bonds is 6. The van der Waals surface area contributed by atoms with Crippen LogP contribution in [-0.2, 0) is 16.1 Å². The van der Waals surface area contributed by atoms with Crippen LogP contribution in [0.25, 0.3) is 0 Å². The van der Waals surface area contributed by atoms with E-state index in [1.54, 1.807) is 30.8 Å². The average Bonchev–Trinajstić information content (AvgIpc) is 2.38. The van der Waals surface area contributed by atoms with Gasteiger partial charge in [-0.2, -0.15) is 0 Å². The van der Waals surface area contributed by atoms with Crippen LogP contribution in [0.5, 0.6) is 0 Å². The largest absolute Gasteiger partial charge is 0.369 e. The van der Waals surface area contributed by atoms with Gasteiger partial charge in [0.25, 0.3) is 0 Å². The number of hydrogen-bond acceptors (Lipinski definition) is 3. The van der Waals surface area contributed by atoms with Crippen LogP contribution in [0.1, 0.15) is 12.5 Å². The Morgan fingerprint density at radius 1 is 1.25 bits per heavy atom. The quantitative estimate of drug-likeness (QED) is 0.845. The smallest absolute Gasteiger partial charge is 0.239 e. The fraction of sp³-hybridized carbons (Fsp3) is 0.429. The first-order chi connectivity index (χ1) is 9.31. The zero-order valence-corrected chi connectivity index (χ0v) is 13.6. The average molecular weight is 342 g/mol. The molecule has 0 heterocycles. The standard InChI is InChI=1S/C14H20BrN3O2/c1-10(17(2)9-13(16)19)14(20)18(3)8-11-4-6-12(15)7-5-11/h4-7,10H,8-9H2,1-3H3,(H2,16,19)/t10-/m0/s1. The fourth-order valence-corrected chi connectivity index (χ4v) is 2.10. The number of primary amides is 1. The van der Waals surface area contributed by atoms with Crippen molar-refractivity contribution in [2.24, 2.45) is 5.73 Å². The summed E-state index contributed by atoms with van der Waals surface area (Å²) < 4.78 is 1.00. The Labute approximate surface area is 127 Å². The maximum absolute atomic E-state index is 12.3. The summed E-state index contributed by atoms with van der Waals surface area (Å²) in [4.78, 5) is 26.4. The Morgan fingerprint density at radius 3 is 2.30 bits per heavy atom. The molecule has 0 fully saturated rings. The van der Waals surface area contributed by atoms with Crippen LogP contribution in [0.15, 0.2) is 28.7 Å². The molecule has 0 bridgehead atoms. The van der Waals surface area contributed by atoms with Gasteiger partial charge in [0.2, 0.25) is 11.8 Å². The van der Waals surface area contributed by atoms with E-state index in [1.807, 2.05) is 24.3 Å². The zero-order valence-electron chi connectivity index (χ0n) is 12.0. The molecule has 1 aromatic carbocycles. The Kier molecular flexibility index (Phi) is 6.16. The topological polar surface area (TPSA) is 66.6 Å². The van der Waals surface area contributed by atoms with Crippen LogP contribution in [-0.4, -0.2) is 48.3 Å². The molecule has 0 aliphatic heterocycles. The minimum Gasteiger partial charge on any atom is -0.369 e. The second-order valence-corrected chi connectivity index (χ2v) is 5.79. The summed E-state index contributed by atoms with van der Waals surface area (Å²) >= 11 is 3.37. The van der Waals surface area contributed by atoms with Gasteiger partial charge in [-0.25, -0.2) is 0 Å². The summed E-state index contributed by atoms with van der Waals surface area (Å²) in [5, 5.41) is 0. The number of amides is 2. The molecular formula is C14H20BrN3O2. The second kappa shape index (κ2) is 7.40. The maximum Gasteiger partial charge on any atom is 0.239 e. The molecule has 110 valence electrons. The van der Waals surface area contributed by atoms with Gasteiger partial charge in [-0.05, 0) is 31.7 Å². The number of benzene rings is 1. The first-order valence-electron chi connectivity index (χ1n) is 6.29. The van der Waals surface area contributed by atoms with Gasteiger partial charge in [0, 0.05) is 18.1 Å². The lowest BCUT2D eigenvalue weighted by atomic mass is 10.2. The highest BCUT2D eigenvalue weighted by Crippen LogP contribution is 2.12. The maximum atomic E-state index is 12.3. The van der Waals surface area contributed by atoms with Gasteiger partial charge in [-0.3, -0.25) is 14.5 Å². The van der Waals surface area contributed by atoms with Crippen LogP contribution in [0, 0.1) is 0 Å². The minimum atomic E-state index is -0.442. The molecule has 1 rings (SSSR count). The van der Waals surface area contributed by atoms with Gasteiger partial charge in [0.05, 0.1) is 12.6 Å². The number of likely N-dealkylation sites (N-methyl/N-ethyl adjacent to an activating group) is 2. The van der Waals surface area contributed by atoms with Crippen molar-refractivity contribution in [1.82, 2.24) is 9.80 Å². The SMILES string of the molecule is C[C@@H](C(=O)N(C)Cc1ccc(Br)cc1)N(C)CC(N)=O. The van der Waals surface area contributed by atoms with Crippen molar-refractivity contribution in [2.45, 2.75) is 19.5 Å². The molecule has 0 spiro atoms. The summed E-state index contributed by atoms with van der Waals surface area (Å²) in [5.41, 5.74) is 6.19. The Hall–Kier alpha value is -1.40. The molecule has 0 radical (unpaired) electrons. The molecule has 6 heteroatoms. The van der Waals surface area contributed by atoms with E-state index < -0.39 is 5.91 Å². The number of nitrogens with two attached hydrogens (primary N) is 1. The molecule has 0 unspecified atom stereocenters. The lowest BCUT2D eigenvalue weighted by Gasteiger charge is -2.27. The Bertz CT molecular complexity index is 476. The number of halogens is 1. The molecule has 0 aromatic heterocycles. The van der Waals surface area contributed by atoms with E-state index in [2.05, 4.69) is 15.9 Å². The Morgan fingerprint density at radius 2 is 1.80 bits per heavy atom. The molecule has 2 amide bonds. The third-order valence-electron chi connectivity index (χ3n) is 3.13. The predicted molar refractivity (Wildman–Crippen MR) is 81.9 cm³/mol.